The van der Waals surface area contributed by atoms with E-state index in [0.717, 1.165) is 11.6 Å². The van der Waals surface area contributed by atoms with Crippen molar-refractivity contribution in [1.82, 2.24) is 0 Å². The predicted octanol–water partition coefficient (Wildman–Crippen LogP) is 1.86. The average Bonchev–Trinajstić information content (AvgIpc) is 2.36. The lowest BCUT2D eigenvalue weighted by atomic mass is 10.0. The average molecular weight is 263 g/mol. The number of ether oxygens (including phenoxy) is 1. The highest BCUT2D eigenvalue weighted by Gasteiger charge is 2.07. The van der Waals surface area contributed by atoms with Gasteiger partial charge < -0.3 is 15.6 Å². The lowest BCUT2D eigenvalue weighted by Gasteiger charge is -2.08. The topological polar surface area (TPSA) is 89.6 Å². The third kappa shape index (κ3) is 4.83. The van der Waals surface area contributed by atoms with Crippen LogP contribution in [-0.2, 0) is 20.7 Å². The van der Waals surface area contributed by atoms with Crippen molar-refractivity contribution < 1.29 is 19.4 Å². The summed E-state index contributed by atoms with van der Waals surface area (Å²) < 4.78 is 4.84. The summed E-state index contributed by atoms with van der Waals surface area (Å²) in [6.45, 7) is 2.11. The summed E-state index contributed by atoms with van der Waals surface area (Å²) in [5, 5.41) is 8.58. The molecule has 0 amide bonds. The van der Waals surface area contributed by atoms with Crippen LogP contribution in [0.1, 0.15) is 24.5 Å². The Labute approximate surface area is 111 Å². The highest BCUT2D eigenvalue weighted by atomic mass is 16.5. The first-order valence-corrected chi connectivity index (χ1v) is 5.98. The van der Waals surface area contributed by atoms with Crippen LogP contribution in [0.2, 0.25) is 0 Å². The van der Waals surface area contributed by atoms with Gasteiger partial charge in [0.1, 0.15) is 0 Å². The molecule has 1 aromatic rings. The summed E-state index contributed by atoms with van der Waals surface area (Å²) >= 11 is 0. The normalized spacial score (nSPS) is 10.6. The monoisotopic (exact) mass is 263 g/mol. The molecule has 0 aliphatic heterocycles. The molecule has 0 unspecified atom stereocenters. The van der Waals surface area contributed by atoms with E-state index in [4.69, 9.17) is 15.6 Å². The van der Waals surface area contributed by atoms with E-state index in [2.05, 4.69) is 0 Å². The van der Waals surface area contributed by atoms with Gasteiger partial charge in [0.05, 0.1) is 6.61 Å². The first kappa shape index (κ1) is 14.8. The van der Waals surface area contributed by atoms with Crippen LogP contribution in [0.25, 0.3) is 6.08 Å². The van der Waals surface area contributed by atoms with Crippen LogP contribution in [-0.4, -0.2) is 23.7 Å². The number of aryl methyl sites for hydroxylation is 1. The number of nitrogen functional groups attached to an aromatic ring is 1. The smallest absolute Gasteiger partial charge is 0.328 e. The molecule has 0 atom stereocenters. The van der Waals surface area contributed by atoms with E-state index in [1.54, 1.807) is 19.1 Å². The number of rotatable bonds is 6. The lowest BCUT2D eigenvalue weighted by molar-refractivity contribution is -0.143. The van der Waals surface area contributed by atoms with Crippen molar-refractivity contribution in [1.29, 1.82) is 0 Å². The maximum absolute atomic E-state index is 11.3. The molecule has 0 aliphatic rings. The van der Waals surface area contributed by atoms with Gasteiger partial charge in [-0.25, -0.2) is 4.79 Å². The minimum Gasteiger partial charge on any atom is -0.478 e. The first-order valence-electron chi connectivity index (χ1n) is 5.98. The van der Waals surface area contributed by atoms with Crippen LogP contribution in [0.3, 0.4) is 0 Å². The Morgan fingerprint density at radius 3 is 2.79 bits per heavy atom. The zero-order valence-corrected chi connectivity index (χ0v) is 10.8. The fourth-order valence-electron chi connectivity index (χ4n) is 1.63. The van der Waals surface area contributed by atoms with Gasteiger partial charge in [-0.1, -0.05) is 18.2 Å². The molecule has 0 fully saturated rings. The summed E-state index contributed by atoms with van der Waals surface area (Å²) in [6, 6.07) is 5.31. The number of hydrogen-bond donors (Lipinski definition) is 2. The molecule has 0 radical (unpaired) electrons. The highest BCUT2D eigenvalue weighted by molar-refractivity contribution is 5.87. The molecular weight excluding hydrogens is 246 g/mol. The maximum Gasteiger partial charge on any atom is 0.328 e. The van der Waals surface area contributed by atoms with Gasteiger partial charge in [-0.05, 0) is 30.5 Å². The summed E-state index contributed by atoms with van der Waals surface area (Å²) in [4.78, 5) is 21.7. The minimum atomic E-state index is -1.03. The minimum absolute atomic E-state index is 0.254. The number of nitrogens with two attached hydrogens (primary N) is 1. The molecule has 5 nitrogen and oxygen atoms in total. The van der Waals surface area contributed by atoms with Crippen LogP contribution in [0, 0.1) is 0 Å². The number of carboxylic acids is 1. The van der Waals surface area contributed by atoms with Crippen molar-refractivity contribution in [3.63, 3.8) is 0 Å². The van der Waals surface area contributed by atoms with Crippen molar-refractivity contribution in [2.75, 3.05) is 12.3 Å². The number of aliphatic carboxylic acids is 1. The van der Waals surface area contributed by atoms with E-state index in [0.29, 0.717) is 24.3 Å². The second kappa shape index (κ2) is 7.20. The van der Waals surface area contributed by atoms with E-state index >= 15 is 0 Å². The number of esters is 1. The molecule has 1 aromatic carbocycles. The highest BCUT2D eigenvalue weighted by Crippen LogP contribution is 2.20. The fraction of sp³-hybridized carbons (Fsp3) is 0.286. The Morgan fingerprint density at radius 1 is 1.42 bits per heavy atom. The predicted molar refractivity (Wildman–Crippen MR) is 72.5 cm³/mol. The summed E-state index contributed by atoms with van der Waals surface area (Å²) in [5.74, 6) is -1.30. The van der Waals surface area contributed by atoms with Gasteiger partial charge in [0.2, 0.25) is 0 Å². The van der Waals surface area contributed by atoms with Crippen molar-refractivity contribution in [3.05, 3.63) is 35.4 Å². The van der Waals surface area contributed by atoms with Crippen LogP contribution < -0.4 is 5.73 Å². The molecule has 0 saturated carbocycles. The van der Waals surface area contributed by atoms with E-state index in [-0.39, 0.29) is 12.4 Å². The zero-order chi connectivity index (χ0) is 14.3. The van der Waals surface area contributed by atoms with E-state index in [9.17, 15) is 9.59 Å². The molecule has 3 N–H and O–H groups in total. The Kier molecular flexibility index (Phi) is 5.60. The summed E-state index contributed by atoms with van der Waals surface area (Å²) in [5.41, 5.74) is 7.86. The van der Waals surface area contributed by atoms with Crippen molar-refractivity contribution >= 4 is 23.7 Å². The molecule has 0 spiro atoms. The molecule has 102 valence electrons. The molecule has 0 bridgehead atoms. The molecule has 19 heavy (non-hydrogen) atoms. The number of para-hydroxylation sites is 1. The summed E-state index contributed by atoms with van der Waals surface area (Å²) in [7, 11) is 0. The number of carbonyl (C=O) groups excluding carboxylic acids is 1. The van der Waals surface area contributed by atoms with Gasteiger partial charge in [0, 0.05) is 18.2 Å². The Morgan fingerprint density at radius 2 is 2.16 bits per heavy atom. The number of hydrogen-bond acceptors (Lipinski definition) is 4. The SMILES string of the molecule is CCOC(=O)CCc1cccc(C=CC(=O)O)c1N. The number of benzene rings is 1. The quantitative estimate of drug-likeness (QED) is 0.464. The van der Waals surface area contributed by atoms with E-state index < -0.39 is 5.97 Å². The van der Waals surface area contributed by atoms with E-state index in [1.165, 1.54) is 6.08 Å². The molecule has 0 heterocycles. The van der Waals surface area contributed by atoms with Crippen molar-refractivity contribution in [2.45, 2.75) is 19.8 Å². The van der Waals surface area contributed by atoms with Crippen LogP contribution in [0.4, 0.5) is 5.69 Å². The van der Waals surface area contributed by atoms with Crippen molar-refractivity contribution in [2.24, 2.45) is 0 Å². The summed E-state index contributed by atoms with van der Waals surface area (Å²) in [6.07, 6.45) is 3.19. The third-order valence-corrected chi connectivity index (χ3v) is 2.54. The van der Waals surface area contributed by atoms with Gasteiger partial charge in [0.15, 0.2) is 0 Å². The van der Waals surface area contributed by atoms with E-state index in [1.807, 2.05) is 6.07 Å². The molecular formula is C14H17NO4. The maximum atomic E-state index is 11.3. The number of anilines is 1. The van der Waals surface area contributed by atoms with Gasteiger partial charge in [-0.3, -0.25) is 4.79 Å². The Balaban J connectivity index is 2.77. The molecule has 5 heteroatoms. The fourth-order valence-corrected chi connectivity index (χ4v) is 1.63. The first-order chi connectivity index (χ1) is 9.04. The van der Waals surface area contributed by atoms with Gasteiger partial charge in [0.25, 0.3) is 0 Å². The van der Waals surface area contributed by atoms with Crippen molar-refractivity contribution in [3.8, 4) is 0 Å². The van der Waals surface area contributed by atoms with Crippen LogP contribution in [0.5, 0.6) is 0 Å². The Hall–Kier alpha value is -2.30. The largest absolute Gasteiger partial charge is 0.478 e. The molecule has 0 aromatic heterocycles. The van der Waals surface area contributed by atoms with Gasteiger partial charge in [-0.15, -0.1) is 0 Å². The van der Waals surface area contributed by atoms with Gasteiger partial charge in [-0.2, -0.15) is 0 Å². The molecule has 0 aliphatic carbocycles. The van der Waals surface area contributed by atoms with Crippen LogP contribution in [0.15, 0.2) is 24.3 Å². The van der Waals surface area contributed by atoms with Crippen LogP contribution >= 0.6 is 0 Å². The standard InChI is InChI=1S/C14H17NO4/c1-2-19-13(18)9-7-11-5-3-4-10(14(11)15)6-8-12(16)17/h3-6,8H,2,7,9,15H2,1H3,(H,16,17). The number of carboxylic acid groups (broad SMARTS) is 1. The van der Waals surface area contributed by atoms with Gasteiger partial charge >= 0.3 is 11.9 Å². The second-order valence-corrected chi connectivity index (χ2v) is 3.90. The number of carbonyl (C=O) groups is 2. The zero-order valence-electron chi connectivity index (χ0n) is 10.8. The molecule has 0 saturated heterocycles. The lowest BCUT2D eigenvalue weighted by Crippen LogP contribution is -2.06. The molecule has 1 rings (SSSR count). The third-order valence-electron chi connectivity index (χ3n) is 2.54. The second-order valence-electron chi connectivity index (χ2n) is 3.90. The Bertz CT molecular complexity index is 494.